The number of hydrogen-bond acceptors (Lipinski definition) is 3. The molecule has 2 aromatic carbocycles. The fourth-order valence-corrected chi connectivity index (χ4v) is 4.89. The van der Waals surface area contributed by atoms with E-state index in [1.165, 1.54) is 10.4 Å². The van der Waals surface area contributed by atoms with Crippen molar-refractivity contribution in [1.82, 2.24) is 9.62 Å². The van der Waals surface area contributed by atoms with E-state index in [9.17, 15) is 17.6 Å². The maximum atomic E-state index is 13.7. The minimum atomic E-state index is -3.65. The summed E-state index contributed by atoms with van der Waals surface area (Å²) in [6, 6.07) is 12.7. The second-order valence-electron chi connectivity index (χ2n) is 6.47. The standard InChI is InChI=1S/C19H20BrFN2O3S/c20-16-7-9-17(10-8-16)27(25,26)23-11-3-5-15(13-23)19(24)22-12-14-4-1-2-6-18(14)21/h1-2,4,6-10,15H,3,5,11-13H2,(H,22,24). The second-order valence-corrected chi connectivity index (χ2v) is 9.32. The summed E-state index contributed by atoms with van der Waals surface area (Å²) in [7, 11) is -3.65. The molecule has 2 aromatic rings. The molecule has 1 atom stereocenters. The highest BCUT2D eigenvalue weighted by atomic mass is 79.9. The fraction of sp³-hybridized carbons (Fsp3) is 0.316. The van der Waals surface area contributed by atoms with Crippen LogP contribution >= 0.6 is 15.9 Å². The maximum absolute atomic E-state index is 13.7. The number of benzene rings is 2. The molecule has 27 heavy (non-hydrogen) atoms. The highest BCUT2D eigenvalue weighted by molar-refractivity contribution is 9.10. The molecule has 0 bridgehead atoms. The molecular formula is C19H20BrFN2O3S. The minimum Gasteiger partial charge on any atom is -0.352 e. The Bertz CT molecular complexity index is 919. The first-order valence-electron chi connectivity index (χ1n) is 8.65. The molecule has 1 fully saturated rings. The van der Waals surface area contributed by atoms with E-state index in [0.717, 1.165) is 4.47 Å². The first kappa shape index (κ1) is 20.0. The average Bonchev–Trinajstić information content (AvgIpc) is 2.67. The highest BCUT2D eigenvalue weighted by Gasteiger charge is 2.33. The summed E-state index contributed by atoms with van der Waals surface area (Å²) in [6.45, 7) is 0.596. The molecule has 8 heteroatoms. The zero-order valence-corrected chi connectivity index (χ0v) is 17.0. The van der Waals surface area contributed by atoms with E-state index in [4.69, 9.17) is 0 Å². The molecule has 0 aliphatic carbocycles. The van der Waals surface area contributed by atoms with Crippen molar-refractivity contribution >= 4 is 31.9 Å². The van der Waals surface area contributed by atoms with Gasteiger partial charge in [-0.25, -0.2) is 12.8 Å². The van der Waals surface area contributed by atoms with Gasteiger partial charge in [-0.3, -0.25) is 4.79 Å². The SMILES string of the molecule is O=C(NCc1ccccc1F)C1CCCN(S(=O)(=O)c2ccc(Br)cc2)C1. The molecule has 3 rings (SSSR count). The predicted octanol–water partition coefficient (Wildman–Crippen LogP) is 3.31. The summed E-state index contributed by atoms with van der Waals surface area (Å²) in [6.07, 6.45) is 1.21. The van der Waals surface area contributed by atoms with Crippen molar-refractivity contribution in [2.45, 2.75) is 24.3 Å². The number of piperidine rings is 1. The van der Waals surface area contributed by atoms with Gasteiger partial charge in [0.25, 0.3) is 0 Å². The predicted molar refractivity (Wildman–Crippen MR) is 104 cm³/mol. The molecule has 1 heterocycles. The van der Waals surface area contributed by atoms with E-state index in [1.54, 1.807) is 42.5 Å². The Morgan fingerprint density at radius 3 is 2.59 bits per heavy atom. The summed E-state index contributed by atoms with van der Waals surface area (Å²) in [5.41, 5.74) is 0.404. The molecule has 1 aliphatic heterocycles. The molecule has 0 radical (unpaired) electrons. The fourth-order valence-electron chi connectivity index (χ4n) is 3.10. The van der Waals surface area contributed by atoms with Gasteiger partial charge in [0, 0.05) is 29.7 Å². The van der Waals surface area contributed by atoms with Gasteiger partial charge in [0.2, 0.25) is 15.9 Å². The number of rotatable bonds is 5. The van der Waals surface area contributed by atoms with Crippen LogP contribution in [0.3, 0.4) is 0 Å². The van der Waals surface area contributed by atoms with Crippen LogP contribution in [0.1, 0.15) is 18.4 Å². The van der Waals surface area contributed by atoms with Crippen molar-refractivity contribution in [3.8, 4) is 0 Å². The molecule has 1 unspecified atom stereocenters. The van der Waals surface area contributed by atoms with Gasteiger partial charge in [-0.2, -0.15) is 4.31 Å². The molecule has 144 valence electrons. The first-order valence-corrected chi connectivity index (χ1v) is 10.9. The molecule has 5 nitrogen and oxygen atoms in total. The Labute approximate surface area is 166 Å². The van der Waals surface area contributed by atoms with Crippen molar-refractivity contribution in [3.05, 3.63) is 64.4 Å². The number of sulfonamides is 1. The molecule has 1 aliphatic rings. The van der Waals surface area contributed by atoms with Crippen LogP contribution in [0.15, 0.2) is 57.9 Å². The smallest absolute Gasteiger partial charge is 0.243 e. The van der Waals surface area contributed by atoms with Crippen LogP contribution in [0, 0.1) is 11.7 Å². The highest BCUT2D eigenvalue weighted by Crippen LogP contribution is 2.25. The monoisotopic (exact) mass is 454 g/mol. The van der Waals surface area contributed by atoms with Gasteiger partial charge in [0.15, 0.2) is 0 Å². The van der Waals surface area contributed by atoms with E-state index < -0.39 is 15.9 Å². The number of hydrogen-bond donors (Lipinski definition) is 1. The van der Waals surface area contributed by atoms with Gasteiger partial charge < -0.3 is 5.32 Å². The van der Waals surface area contributed by atoms with Crippen LogP contribution in [0.5, 0.6) is 0 Å². The zero-order valence-electron chi connectivity index (χ0n) is 14.6. The lowest BCUT2D eigenvalue weighted by Crippen LogP contribution is -2.45. The number of nitrogens with one attached hydrogen (secondary N) is 1. The summed E-state index contributed by atoms with van der Waals surface area (Å²) < 4.78 is 41.5. The first-order chi connectivity index (χ1) is 12.9. The molecule has 0 saturated carbocycles. The van der Waals surface area contributed by atoms with Gasteiger partial charge in [-0.05, 0) is 43.2 Å². The van der Waals surface area contributed by atoms with Crippen LogP contribution in [0.25, 0.3) is 0 Å². The van der Waals surface area contributed by atoms with E-state index in [1.807, 2.05) is 0 Å². The summed E-state index contributed by atoms with van der Waals surface area (Å²) in [5.74, 6) is -1.08. The molecule has 1 amide bonds. The third-order valence-electron chi connectivity index (χ3n) is 4.62. The molecule has 0 spiro atoms. The maximum Gasteiger partial charge on any atom is 0.243 e. The Morgan fingerprint density at radius 1 is 1.19 bits per heavy atom. The Morgan fingerprint density at radius 2 is 1.89 bits per heavy atom. The number of carbonyl (C=O) groups excluding carboxylic acids is 1. The lowest BCUT2D eigenvalue weighted by Gasteiger charge is -2.31. The lowest BCUT2D eigenvalue weighted by molar-refractivity contribution is -0.126. The van der Waals surface area contributed by atoms with E-state index in [0.29, 0.717) is 24.9 Å². The van der Waals surface area contributed by atoms with Gasteiger partial charge in [0.1, 0.15) is 5.82 Å². The molecule has 1 saturated heterocycles. The van der Waals surface area contributed by atoms with Crippen molar-refractivity contribution in [2.24, 2.45) is 5.92 Å². The van der Waals surface area contributed by atoms with Crippen molar-refractivity contribution in [3.63, 3.8) is 0 Å². The normalized spacial score (nSPS) is 18.2. The summed E-state index contributed by atoms with van der Waals surface area (Å²) >= 11 is 3.29. The van der Waals surface area contributed by atoms with Crippen molar-refractivity contribution < 1.29 is 17.6 Å². The van der Waals surface area contributed by atoms with Crippen LogP contribution in [-0.2, 0) is 21.4 Å². The van der Waals surface area contributed by atoms with Gasteiger partial charge in [0.05, 0.1) is 10.8 Å². The average molecular weight is 455 g/mol. The van der Waals surface area contributed by atoms with Crippen LogP contribution in [0.2, 0.25) is 0 Å². The number of nitrogens with zero attached hydrogens (tertiary/aromatic N) is 1. The number of carbonyl (C=O) groups is 1. The van der Waals surface area contributed by atoms with Crippen molar-refractivity contribution in [2.75, 3.05) is 13.1 Å². The third-order valence-corrected chi connectivity index (χ3v) is 7.03. The van der Waals surface area contributed by atoms with Crippen molar-refractivity contribution in [1.29, 1.82) is 0 Å². The second kappa shape index (κ2) is 8.50. The van der Waals surface area contributed by atoms with Gasteiger partial charge in [-0.15, -0.1) is 0 Å². The number of halogens is 2. The minimum absolute atomic E-state index is 0.0848. The molecular weight excluding hydrogens is 435 g/mol. The number of amides is 1. The molecule has 1 N–H and O–H groups in total. The van der Waals surface area contributed by atoms with Crippen LogP contribution in [-0.4, -0.2) is 31.7 Å². The van der Waals surface area contributed by atoms with Crippen LogP contribution < -0.4 is 5.32 Å². The van der Waals surface area contributed by atoms with Gasteiger partial charge >= 0.3 is 0 Å². The lowest BCUT2D eigenvalue weighted by atomic mass is 9.98. The van der Waals surface area contributed by atoms with E-state index in [-0.39, 0.29) is 29.7 Å². The summed E-state index contributed by atoms with van der Waals surface area (Å²) in [5, 5.41) is 2.72. The largest absolute Gasteiger partial charge is 0.352 e. The summed E-state index contributed by atoms with van der Waals surface area (Å²) in [4.78, 5) is 12.7. The van der Waals surface area contributed by atoms with Crippen LogP contribution in [0.4, 0.5) is 4.39 Å². The topological polar surface area (TPSA) is 66.5 Å². The Kier molecular flexibility index (Phi) is 6.29. The zero-order chi connectivity index (χ0) is 19.4. The van der Waals surface area contributed by atoms with Gasteiger partial charge in [-0.1, -0.05) is 34.1 Å². The Hall–Kier alpha value is -1.77. The Balaban J connectivity index is 1.65. The quantitative estimate of drug-likeness (QED) is 0.753. The van der Waals surface area contributed by atoms with E-state index >= 15 is 0 Å². The third kappa shape index (κ3) is 4.75. The molecule has 0 aromatic heterocycles. The van der Waals surface area contributed by atoms with E-state index in [2.05, 4.69) is 21.2 Å².